The summed E-state index contributed by atoms with van der Waals surface area (Å²) in [7, 11) is 2.81. The van der Waals surface area contributed by atoms with Gasteiger partial charge in [-0.1, -0.05) is 45.1 Å². The Morgan fingerprint density at radius 2 is 1.77 bits per heavy atom. The molecular weight excluding hydrogens is 504 g/mol. The van der Waals surface area contributed by atoms with Crippen molar-refractivity contribution in [1.29, 1.82) is 0 Å². The topological polar surface area (TPSA) is 154 Å². The number of allylic oxidation sites excluding steroid dienone is 4. The van der Waals surface area contributed by atoms with Gasteiger partial charge < -0.3 is 30.4 Å². The van der Waals surface area contributed by atoms with Gasteiger partial charge in [0.1, 0.15) is 6.10 Å². The highest BCUT2D eigenvalue weighted by Crippen LogP contribution is 2.29. The van der Waals surface area contributed by atoms with Crippen LogP contribution in [-0.2, 0) is 28.6 Å². The summed E-state index contributed by atoms with van der Waals surface area (Å²) >= 11 is 0. The molecule has 0 saturated heterocycles. The van der Waals surface area contributed by atoms with Crippen LogP contribution in [0.5, 0.6) is 0 Å². The molecule has 1 heterocycles. The van der Waals surface area contributed by atoms with Gasteiger partial charge in [-0.25, -0.2) is 4.79 Å². The number of hydrogen-bond donors (Lipinski definition) is 3. The van der Waals surface area contributed by atoms with Crippen molar-refractivity contribution in [2.45, 2.75) is 65.8 Å². The van der Waals surface area contributed by atoms with Crippen molar-refractivity contribution in [2.75, 3.05) is 14.2 Å². The number of nitrogens with two attached hydrogens (primary N) is 1. The number of aliphatic hydroxyl groups excluding tert-OH is 1. The van der Waals surface area contributed by atoms with Crippen LogP contribution in [0.2, 0.25) is 0 Å². The van der Waals surface area contributed by atoms with Crippen LogP contribution in [0.15, 0.2) is 58.6 Å². The number of amides is 2. The van der Waals surface area contributed by atoms with Crippen LogP contribution < -0.4 is 11.1 Å². The molecule has 0 spiro atoms. The summed E-state index contributed by atoms with van der Waals surface area (Å²) in [5.74, 6) is -2.56. The fourth-order valence-corrected chi connectivity index (χ4v) is 4.84. The SMILES string of the molecule is COC1=C2C[C@@H](C)C[C@H](OC)[C@H](O)[C@@H](C)/C=C(/C)[C@@H](OC(N)=O)[C@@H](C)/C=C/C=C(/C)C(=O)NC(=CC1=O)C2=O. The van der Waals surface area contributed by atoms with E-state index in [0.717, 1.165) is 6.08 Å². The Balaban J connectivity index is 2.57. The van der Waals surface area contributed by atoms with Crippen molar-refractivity contribution < 1.29 is 38.5 Å². The van der Waals surface area contributed by atoms with Gasteiger partial charge in [0.2, 0.25) is 11.6 Å². The van der Waals surface area contributed by atoms with Gasteiger partial charge in [-0.05, 0) is 38.2 Å². The van der Waals surface area contributed by atoms with Crippen molar-refractivity contribution in [1.82, 2.24) is 5.32 Å². The number of aliphatic hydroxyl groups is 1. The number of primary amides is 1. The number of Topliss-reactive ketones (excluding diaryl/α,β-unsaturated/α-hetero) is 1. The Morgan fingerprint density at radius 3 is 2.36 bits per heavy atom. The summed E-state index contributed by atoms with van der Waals surface area (Å²) in [4.78, 5) is 50.5. The van der Waals surface area contributed by atoms with Crippen molar-refractivity contribution in [3.05, 3.63) is 58.6 Å². The number of nitrogens with one attached hydrogen (secondary N) is 1. The molecule has 0 aromatic carbocycles. The molecule has 10 heteroatoms. The summed E-state index contributed by atoms with van der Waals surface area (Å²) in [6.45, 7) is 8.88. The Labute approximate surface area is 229 Å². The van der Waals surface area contributed by atoms with Crippen LogP contribution in [0.3, 0.4) is 0 Å². The summed E-state index contributed by atoms with van der Waals surface area (Å²) in [6.07, 6.45) is 5.18. The van der Waals surface area contributed by atoms with E-state index in [4.69, 9.17) is 19.9 Å². The first-order chi connectivity index (χ1) is 18.3. The molecule has 2 bridgehead atoms. The molecule has 1 aliphatic heterocycles. The van der Waals surface area contributed by atoms with E-state index < -0.39 is 41.9 Å². The average molecular weight is 545 g/mol. The predicted octanol–water partition coefficient (Wildman–Crippen LogP) is 3.03. The van der Waals surface area contributed by atoms with E-state index in [9.17, 15) is 24.3 Å². The summed E-state index contributed by atoms with van der Waals surface area (Å²) in [5, 5.41) is 13.7. The van der Waals surface area contributed by atoms with Gasteiger partial charge in [0.25, 0.3) is 5.91 Å². The van der Waals surface area contributed by atoms with Gasteiger partial charge in [0, 0.05) is 36.2 Å². The molecule has 2 amide bonds. The fourth-order valence-electron chi connectivity index (χ4n) is 4.84. The Morgan fingerprint density at radius 1 is 1.10 bits per heavy atom. The lowest BCUT2D eigenvalue weighted by molar-refractivity contribution is -0.120. The maximum absolute atomic E-state index is 13.3. The molecule has 4 N–H and O–H groups in total. The molecule has 2 aliphatic rings. The summed E-state index contributed by atoms with van der Waals surface area (Å²) < 4.78 is 16.2. The number of ether oxygens (including phenoxy) is 3. The molecule has 0 aromatic heterocycles. The van der Waals surface area contributed by atoms with Crippen LogP contribution in [-0.4, -0.2) is 61.2 Å². The zero-order valence-corrected chi connectivity index (χ0v) is 23.6. The Kier molecular flexibility index (Phi) is 11.4. The second-order valence-corrected chi connectivity index (χ2v) is 10.2. The van der Waals surface area contributed by atoms with Gasteiger partial charge in [-0.3, -0.25) is 14.4 Å². The molecule has 0 unspecified atom stereocenters. The van der Waals surface area contributed by atoms with Crippen LogP contribution >= 0.6 is 0 Å². The second kappa shape index (κ2) is 14.0. The van der Waals surface area contributed by atoms with E-state index in [0.29, 0.717) is 12.0 Å². The largest absolute Gasteiger partial charge is 0.492 e. The minimum Gasteiger partial charge on any atom is -0.492 e. The molecule has 10 nitrogen and oxygen atoms in total. The van der Waals surface area contributed by atoms with Crippen molar-refractivity contribution in [3.63, 3.8) is 0 Å². The van der Waals surface area contributed by atoms with E-state index in [2.05, 4.69) is 5.32 Å². The molecule has 1 aliphatic carbocycles. The predicted molar refractivity (Wildman–Crippen MR) is 145 cm³/mol. The highest BCUT2D eigenvalue weighted by molar-refractivity contribution is 6.23. The lowest BCUT2D eigenvalue weighted by Crippen LogP contribution is -2.36. The fraction of sp³-hybridized carbons (Fsp3) is 0.517. The van der Waals surface area contributed by atoms with Crippen molar-refractivity contribution >= 4 is 23.6 Å². The maximum atomic E-state index is 13.3. The smallest absolute Gasteiger partial charge is 0.405 e. The maximum Gasteiger partial charge on any atom is 0.405 e. The van der Waals surface area contributed by atoms with Gasteiger partial charge in [-0.2, -0.15) is 0 Å². The number of fused-ring (bicyclic) bond motifs is 2. The molecule has 0 aromatic rings. The van der Waals surface area contributed by atoms with Crippen LogP contribution in [0.25, 0.3) is 0 Å². The molecule has 39 heavy (non-hydrogen) atoms. The van der Waals surface area contributed by atoms with E-state index in [-0.39, 0.29) is 46.8 Å². The summed E-state index contributed by atoms with van der Waals surface area (Å²) in [6, 6.07) is 0. The highest BCUT2D eigenvalue weighted by atomic mass is 16.6. The molecule has 0 fully saturated rings. The average Bonchev–Trinajstić information content (AvgIpc) is 2.87. The molecule has 0 radical (unpaired) electrons. The van der Waals surface area contributed by atoms with Crippen molar-refractivity contribution in [3.8, 4) is 0 Å². The normalized spacial score (nSPS) is 33.2. The van der Waals surface area contributed by atoms with E-state index in [1.165, 1.54) is 14.2 Å². The van der Waals surface area contributed by atoms with Gasteiger partial charge in [0.05, 0.1) is 25.0 Å². The first kappa shape index (κ1) is 31.7. The third-order valence-electron chi connectivity index (χ3n) is 6.97. The third-order valence-corrected chi connectivity index (χ3v) is 6.97. The second-order valence-electron chi connectivity index (χ2n) is 10.2. The Bertz CT molecular complexity index is 1130. The molecule has 6 atom stereocenters. The number of rotatable bonds is 3. The zero-order chi connectivity index (χ0) is 29.4. The number of hydrogen-bond acceptors (Lipinski definition) is 8. The van der Waals surface area contributed by atoms with E-state index >= 15 is 0 Å². The monoisotopic (exact) mass is 544 g/mol. The number of ketones is 2. The van der Waals surface area contributed by atoms with E-state index in [1.807, 2.05) is 26.8 Å². The van der Waals surface area contributed by atoms with Crippen molar-refractivity contribution in [2.24, 2.45) is 23.5 Å². The number of methoxy groups -OCH3 is 2. The first-order valence-corrected chi connectivity index (χ1v) is 12.9. The molecule has 2 rings (SSSR count). The molecular formula is C29H40N2O8. The first-order valence-electron chi connectivity index (χ1n) is 12.9. The van der Waals surface area contributed by atoms with Gasteiger partial charge >= 0.3 is 6.09 Å². The minimum absolute atomic E-state index is 0.0677. The third kappa shape index (κ3) is 8.24. The zero-order valence-electron chi connectivity index (χ0n) is 23.6. The van der Waals surface area contributed by atoms with Gasteiger partial charge in [0.15, 0.2) is 5.76 Å². The van der Waals surface area contributed by atoms with E-state index in [1.54, 1.807) is 32.1 Å². The van der Waals surface area contributed by atoms with Gasteiger partial charge in [-0.15, -0.1) is 0 Å². The molecule has 214 valence electrons. The minimum atomic E-state index is -0.933. The lowest BCUT2D eigenvalue weighted by Gasteiger charge is -2.29. The Hall–Kier alpha value is -3.50. The lowest BCUT2D eigenvalue weighted by atomic mass is 9.85. The number of carbonyl (C=O) groups excluding carboxylic acids is 4. The highest BCUT2D eigenvalue weighted by Gasteiger charge is 2.33. The number of carbonyl (C=O) groups is 4. The summed E-state index contributed by atoms with van der Waals surface area (Å²) in [5.41, 5.74) is 6.32. The van der Waals surface area contributed by atoms with Crippen LogP contribution in [0.4, 0.5) is 4.79 Å². The standard InChI is InChI=1S/C29H40N2O8/c1-15-11-20-25(34)21(14-22(32)27(20)38-7)31-28(35)17(3)10-8-9-16(2)26(39-29(30)36)19(5)13-18(4)24(33)23(12-15)37-6/h8-10,13-16,18,23-24,26,33H,11-12H2,1-7H3,(H2,30,36)(H,31,35)/b9-8+,17-10-,19-13-/t15-,16+,18+,23+,24-,26+/m1/s1. The van der Waals surface area contributed by atoms with Crippen LogP contribution in [0.1, 0.15) is 47.5 Å². The quantitative estimate of drug-likeness (QED) is 0.362. The van der Waals surface area contributed by atoms with Crippen LogP contribution in [0, 0.1) is 17.8 Å². The molecule has 0 saturated carbocycles.